The Morgan fingerprint density at radius 3 is 2.58 bits per heavy atom. The maximum Gasteiger partial charge on any atom is 0.280 e. The summed E-state index contributed by atoms with van der Waals surface area (Å²) in [6.45, 7) is 5.80. The van der Waals surface area contributed by atoms with Crippen molar-refractivity contribution in [1.82, 2.24) is 19.9 Å². The number of carbonyl (C=O) groups is 1. The topological polar surface area (TPSA) is 128 Å². The van der Waals surface area contributed by atoms with Gasteiger partial charge in [-0.3, -0.25) is 14.7 Å². The fourth-order valence-corrected chi connectivity index (χ4v) is 6.38. The second-order valence-corrected chi connectivity index (χ2v) is 12.0. The predicted octanol–water partition coefficient (Wildman–Crippen LogP) is 7.65. The van der Waals surface area contributed by atoms with Crippen molar-refractivity contribution in [3.05, 3.63) is 100 Å². The standard InChI is InChI=1S/C37H30F2N6O3/c1-20-27(5-3-7-29(20)37-44-31-13-22(19-46)11-25(15-40)34(31)48-37)28-6-4-8-30(21(28)2)42-36-33-24(14-32(43-36)35(38)39)12-23(16-41-33)17-45-10-9-26(47)18-45/h3-8,11-14,16,19,26,35,47H,9-10,17-18H2,1-2H3,(H,42,43)/t26-/m1/s1. The third kappa shape index (κ3) is 5.76. The molecule has 3 aromatic carbocycles. The number of hydrogen-bond acceptors (Lipinski definition) is 9. The lowest BCUT2D eigenvalue weighted by molar-refractivity contribution is 0.112. The molecule has 48 heavy (non-hydrogen) atoms. The van der Waals surface area contributed by atoms with Gasteiger partial charge in [0.15, 0.2) is 11.4 Å². The van der Waals surface area contributed by atoms with Gasteiger partial charge in [0.05, 0.1) is 11.7 Å². The van der Waals surface area contributed by atoms with Crippen LogP contribution < -0.4 is 5.32 Å². The van der Waals surface area contributed by atoms with Gasteiger partial charge in [-0.15, -0.1) is 0 Å². The number of aromatic nitrogens is 3. The lowest BCUT2D eigenvalue weighted by atomic mass is 9.93. The number of halogens is 2. The van der Waals surface area contributed by atoms with E-state index in [0.717, 1.165) is 39.9 Å². The number of nitrogens with one attached hydrogen (secondary N) is 1. The molecule has 1 aliphatic heterocycles. The minimum Gasteiger partial charge on any atom is -0.435 e. The monoisotopic (exact) mass is 644 g/mol. The first-order valence-corrected chi connectivity index (χ1v) is 15.5. The zero-order valence-electron chi connectivity index (χ0n) is 26.2. The van der Waals surface area contributed by atoms with E-state index in [-0.39, 0.29) is 23.2 Å². The summed E-state index contributed by atoms with van der Waals surface area (Å²) in [4.78, 5) is 27.0. The minimum atomic E-state index is -2.77. The molecule has 3 aromatic heterocycles. The van der Waals surface area contributed by atoms with E-state index in [2.05, 4.69) is 31.2 Å². The van der Waals surface area contributed by atoms with Crippen molar-refractivity contribution in [3.8, 4) is 28.7 Å². The highest BCUT2D eigenvalue weighted by Crippen LogP contribution is 2.38. The number of alkyl halides is 2. The van der Waals surface area contributed by atoms with Gasteiger partial charge in [-0.2, -0.15) is 5.26 Å². The molecule has 0 spiro atoms. The number of aliphatic hydroxyl groups excluding tert-OH is 1. The molecule has 0 bridgehead atoms. The Labute approximate surface area is 274 Å². The molecule has 4 heterocycles. The van der Waals surface area contributed by atoms with Crippen LogP contribution in [0.2, 0.25) is 0 Å². The lowest BCUT2D eigenvalue weighted by Gasteiger charge is -2.18. The Morgan fingerprint density at radius 1 is 1.08 bits per heavy atom. The van der Waals surface area contributed by atoms with Gasteiger partial charge in [0.1, 0.15) is 29.1 Å². The van der Waals surface area contributed by atoms with Crippen LogP contribution in [0, 0.1) is 25.2 Å². The van der Waals surface area contributed by atoms with Crippen molar-refractivity contribution in [3.63, 3.8) is 0 Å². The Hall–Kier alpha value is -5.57. The van der Waals surface area contributed by atoms with Gasteiger partial charge < -0.3 is 14.8 Å². The van der Waals surface area contributed by atoms with Gasteiger partial charge in [0.25, 0.3) is 6.43 Å². The van der Waals surface area contributed by atoms with Crippen LogP contribution in [0.15, 0.2) is 71.3 Å². The largest absolute Gasteiger partial charge is 0.435 e. The second-order valence-electron chi connectivity index (χ2n) is 12.0. The molecule has 7 rings (SSSR count). The number of pyridine rings is 2. The summed E-state index contributed by atoms with van der Waals surface area (Å²) in [7, 11) is 0. The predicted molar refractivity (Wildman–Crippen MR) is 178 cm³/mol. The van der Waals surface area contributed by atoms with Crippen LogP contribution in [-0.4, -0.2) is 50.4 Å². The highest BCUT2D eigenvalue weighted by molar-refractivity contribution is 5.92. The highest BCUT2D eigenvalue weighted by Gasteiger charge is 2.22. The van der Waals surface area contributed by atoms with E-state index in [1.807, 2.05) is 56.3 Å². The molecule has 240 valence electrons. The number of carbonyl (C=O) groups excluding carboxylic acids is 1. The van der Waals surface area contributed by atoms with Crippen molar-refractivity contribution in [2.75, 3.05) is 18.4 Å². The zero-order chi connectivity index (χ0) is 33.5. The van der Waals surface area contributed by atoms with Crippen LogP contribution >= 0.6 is 0 Å². The number of fused-ring (bicyclic) bond motifs is 2. The summed E-state index contributed by atoms with van der Waals surface area (Å²) < 4.78 is 34.1. The number of aliphatic hydroxyl groups is 1. The normalized spacial score (nSPS) is 15.0. The number of nitriles is 1. The molecule has 0 aliphatic carbocycles. The maximum absolute atomic E-state index is 14.0. The van der Waals surface area contributed by atoms with E-state index < -0.39 is 6.43 Å². The lowest BCUT2D eigenvalue weighted by Crippen LogP contribution is -2.21. The molecule has 1 fully saturated rings. The summed E-state index contributed by atoms with van der Waals surface area (Å²) in [6, 6.07) is 19.8. The average Bonchev–Trinajstić information content (AvgIpc) is 3.70. The number of rotatable bonds is 8. The van der Waals surface area contributed by atoms with Crippen LogP contribution in [0.5, 0.6) is 0 Å². The van der Waals surface area contributed by atoms with Gasteiger partial charge in [0.2, 0.25) is 5.89 Å². The van der Waals surface area contributed by atoms with Crippen molar-refractivity contribution in [2.45, 2.75) is 39.3 Å². The molecule has 11 heteroatoms. The summed E-state index contributed by atoms with van der Waals surface area (Å²) >= 11 is 0. The van der Waals surface area contributed by atoms with E-state index in [9.17, 15) is 23.9 Å². The van der Waals surface area contributed by atoms with Crippen LogP contribution in [-0.2, 0) is 6.54 Å². The molecule has 1 aliphatic rings. The molecule has 2 N–H and O–H groups in total. The molecule has 1 saturated heterocycles. The van der Waals surface area contributed by atoms with E-state index in [4.69, 9.17) is 4.42 Å². The Morgan fingerprint density at radius 2 is 1.85 bits per heavy atom. The summed E-state index contributed by atoms with van der Waals surface area (Å²) in [6.07, 6.45) is -0.0225. The van der Waals surface area contributed by atoms with E-state index in [1.54, 1.807) is 12.3 Å². The Kier molecular flexibility index (Phi) is 8.12. The number of benzene rings is 3. The molecule has 0 saturated carbocycles. The van der Waals surface area contributed by atoms with Crippen molar-refractivity contribution in [2.24, 2.45) is 0 Å². The molecule has 0 unspecified atom stereocenters. The van der Waals surface area contributed by atoms with Gasteiger partial charge in [-0.25, -0.2) is 18.7 Å². The van der Waals surface area contributed by atoms with Crippen LogP contribution in [0.1, 0.15) is 51.2 Å². The quantitative estimate of drug-likeness (QED) is 0.161. The summed E-state index contributed by atoms with van der Waals surface area (Å²) in [5, 5.41) is 23.3. The Bertz CT molecular complexity index is 2260. The van der Waals surface area contributed by atoms with Crippen LogP contribution in [0.25, 0.3) is 44.6 Å². The first-order valence-electron chi connectivity index (χ1n) is 15.5. The first kappa shape index (κ1) is 31.1. The van der Waals surface area contributed by atoms with Crippen LogP contribution in [0.3, 0.4) is 0 Å². The molecule has 0 radical (unpaired) electrons. The molecular weight excluding hydrogens is 614 g/mol. The van der Waals surface area contributed by atoms with E-state index in [1.165, 1.54) is 12.1 Å². The van der Waals surface area contributed by atoms with Gasteiger partial charge in [-0.1, -0.05) is 24.3 Å². The third-order valence-electron chi connectivity index (χ3n) is 8.83. The van der Waals surface area contributed by atoms with Crippen molar-refractivity contribution >= 4 is 39.8 Å². The molecule has 0 amide bonds. The number of aldehydes is 1. The van der Waals surface area contributed by atoms with Crippen molar-refractivity contribution < 1.29 is 23.1 Å². The fraction of sp³-hybridized carbons (Fsp3) is 0.216. The summed E-state index contributed by atoms with van der Waals surface area (Å²) in [5.74, 6) is 0.549. The Balaban J connectivity index is 1.25. The number of β-amino-alcohol motifs (C(OH)–C–C–N with tert-alkyl or cyclic N) is 1. The van der Waals surface area contributed by atoms with Gasteiger partial charge >= 0.3 is 0 Å². The number of likely N-dealkylation sites (tertiary alicyclic amines) is 1. The highest BCUT2D eigenvalue weighted by atomic mass is 19.3. The SMILES string of the molecule is Cc1c(Nc2nc(C(F)F)cc3cc(CN4CC[C@@H](O)C4)cnc23)cccc1-c1cccc(-c2nc3cc(C=O)cc(C#N)c3o2)c1C. The maximum atomic E-state index is 14.0. The second kappa shape index (κ2) is 12.6. The minimum absolute atomic E-state index is 0.228. The molecule has 9 nitrogen and oxygen atoms in total. The number of nitrogens with zero attached hydrogens (tertiary/aromatic N) is 5. The van der Waals surface area contributed by atoms with Crippen molar-refractivity contribution in [1.29, 1.82) is 5.26 Å². The smallest absolute Gasteiger partial charge is 0.280 e. The molecule has 1 atom stereocenters. The van der Waals surface area contributed by atoms with Crippen LogP contribution in [0.4, 0.5) is 20.3 Å². The molecule has 6 aromatic rings. The zero-order valence-corrected chi connectivity index (χ0v) is 26.2. The fourth-order valence-electron chi connectivity index (χ4n) is 6.38. The molecular formula is C37H30F2N6O3. The van der Waals surface area contributed by atoms with E-state index in [0.29, 0.717) is 64.9 Å². The third-order valence-corrected chi connectivity index (χ3v) is 8.83. The number of oxazole rings is 1. The first-order chi connectivity index (χ1) is 23.2. The summed E-state index contributed by atoms with van der Waals surface area (Å²) in [5.41, 5.74) is 7.22. The van der Waals surface area contributed by atoms with Gasteiger partial charge in [0, 0.05) is 48.0 Å². The van der Waals surface area contributed by atoms with E-state index >= 15 is 0 Å². The number of hydrogen-bond donors (Lipinski definition) is 2. The average molecular weight is 645 g/mol. The van der Waals surface area contributed by atoms with Gasteiger partial charge in [-0.05, 0) is 84.5 Å². The number of anilines is 2.